The van der Waals surface area contributed by atoms with Crippen molar-refractivity contribution < 1.29 is 23.1 Å². The van der Waals surface area contributed by atoms with Gasteiger partial charge < -0.3 is 10.4 Å². The van der Waals surface area contributed by atoms with Crippen molar-refractivity contribution in [3.8, 4) is 0 Å². The van der Waals surface area contributed by atoms with Crippen LogP contribution in [0.15, 0.2) is 12.1 Å². The highest BCUT2D eigenvalue weighted by Crippen LogP contribution is 2.19. The molecule has 1 aromatic heterocycles. The first-order chi connectivity index (χ1) is 8.74. The van der Waals surface area contributed by atoms with Gasteiger partial charge in [0.15, 0.2) is 6.10 Å². The fourth-order valence-corrected chi connectivity index (χ4v) is 1.50. The van der Waals surface area contributed by atoms with Crippen molar-refractivity contribution in [1.82, 2.24) is 10.3 Å². The van der Waals surface area contributed by atoms with E-state index in [2.05, 4.69) is 4.98 Å². The standard InChI is InChI=1S/C11H12ClF3N2O2/c1-2-7-3-6(4-9(12)17-7)10(19)16-5-8(18)11(13,14)15/h3-4,8,18H,2,5H2,1H3,(H,16,19). The number of halogens is 4. The molecule has 1 amide bonds. The molecule has 0 aromatic carbocycles. The maximum absolute atomic E-state index is 12.1. The Morgan fingerprint density at radius 1 is 1.53 bits per heavy atom. The molecule has 0 radical (unpaired) electrons. The first-order valence-corrected chi connectivity index (χ1v) is 5.81. The minimum absolute atomic E-state index is 0.0841. The van der Waals surface area contributed by atoms with Gasteiger partial charge in [-0.05, 0) is 18.6 Å². The van der Waals surface area contributed by atoms with Crippen LogP contribution in [0.4, 0.5) is 13.2 Å². The quantitative estimate of drug-likeness (QED) is 0.835. The molecule has 4 nitrogen and oxygen atoms in total. The smallest absolute Gasteiger partial charge is 0.382 e. The summed E-state index contributed by atoms with van der Waals surface area (Å²) in [5, 5.41) is 10.8. The molecule has 0 spiro atoms. The van der Waals surface area contributed by atoms with Crippen LogP contribution in [0.2, 0.25) is 5.15 Å². The van der Waals surface area contributed by atoms with Gasteiger partial charge in [-0.3, -0.25) is 4.79 Å². The van der Waals surface area contributed by atoms with Crippen LogP contribution in [0.3, 0.4) is 0 Å². The Balaban J connectivity index is 2.71. The molecule has 0 fully saturated rings. The molecule has 1 unspecified atom stereocenters. The topological polar surface area (TPSA) is 62.2 Å². The van der Waals surface area contributed by atoms with Gasteiger partial charge in [0.2, 0.25) is 0 Å². The maximum Gasteiger partial charge on any atom is 0.416 e. The summed E-state index contributed by atoms with van der Waals surface area (Å²) < 4.78 is 36.2. The van der Waals surface area contributed by atoms with Crippen LogP contribution in [0, 0.1) is 0 Å². The Morgan fingerprint density at radius 3 is 2.68 bits per heavy atom. The Bertz CT molecular complexity index is 466. The lowest BCUT2D eigenvalue weighted by molar-refractivity contribution is -0.201. The molecular weight excluding hydrogens is 285 g/mol. The fourth-order valence-electron chi connectivity index (χ4n) is 1.27. The summed E-state index contributed by atoms with van der Waals surface area (Å²) in [5.74, 6) is -0.748. The van der Waals surface area contributed by atoms with E-state index in [0.717, 1.165) is 0 Å². The van der Waals surface area contributed by atoms with Crippen molar-refractivity contribution in [3.05, 3.63) is 28.5 Å². The van der Waals surface area contributed by atoms with Crippen molar-refractivity contribution >= 4 is 17.5 Å². The normalized spacial score (nSPS) is 13.2. The first kappa shape index (κ1) is 15.7. The average Bonchev–Trinajstić information content (AvgIpc) is 2.33. The van der Waals surface area contributed by atoms with E-state index < -0.39 is 24.7 Å². The molecule has 106 valence electrons. The third-order valence-electron chi connectivity index (χ3n) is 2.31. The third-order valence-corrected chi connectivity index (χ3v) is 2.50. The molecule has 0 aliphatic rings. The molecular formula is C11H12ClF3N2O2. The molecule has 0 saturated heterocycles. The lowest BCUT2D eigenvalue weighted by Gasteiger charge is -2.15. The van der Waals surface area contributed by atoms with Crippen molar-refractivity contribution in [2.45, 2.75) is 25.6 Å². The molecule has 0 bridgehead atoms. The highest BCUT2D eigenvalue weighted by atomic mass is 35.5. The number of alkyl halides is 3. The van der Waals surface area contributed by atoms with Gasteiger partial charge in [0.25, 0.3) is 5.91 Å². The molecule has 1 atom stereocenters. The molecule has 0 aliphatic carbocycles. The largest absolute Gasteiger partial charge is 0.416 e. The van der Waals surface area contributed by atoms with E-state index in [-0.39, 0.29) is 10.7 Å². The van der Waals surface area contributed by atoms with E-state index >= 15 is 0 Å². The van der Waals surface area contributed by atoms with Gasteiger partial charge in [0.1, 0.15) is 5.15 Å². The summed E-state index contributed by atoms with van der Waals surface area (Å²) >= 11 is 5.69. The SMILES string of the molecule is CCc1cc(C(=O)NCC(O)C(F)(F)F)cc(Cl)n1. The summed E-state index contributed by atoms with van der Waals surface area (Å²) in [7, 11) is 0. The van der Waals surface area contributed by atoms with Crippen molar-refractivity contribution in [3.63, 3.8) is 0 Å². The maximum atomic E-state index is 12.1. The van der Waals surface area contributed by atoms with Crippen molar-refractivity contribution in [2.75, 3.05) is 6.54 Å². The minimum atomic E-state index is -4.77. The Labute approximate surface area is 112 Å². The van der Waals surface area contributed by atoms with Gasteiger partial charge in [-0.2, -0.15) is 13.2 Å². The number of amides is 1. The van der Waals surface area contributed by atoms with Crippen LogP contribution < -0.4 is 5.32 Å². The summed E-state index contributed by atoms with van der Waals surface area (Å²) in [6, 6.07) is 2.68. The predicted octanol–water partition coefficient (Wildman–Crippen LogP) is 1.95. The van der Waals surface area contributed by atoms with E-state index in [4.69, 9.17) is 16.7 Å². The second kappa shape index (κ2) is 6.21. The average molecular weight is 297 g/mol. The molecule has 2 N–H and O–H groups in total. The molecule has 1 rings (SSSR count). The number of nitrogens with one attached hydrogen (secondary N) is 1. The summed E-state index contributed by atoms with van der Waals surface area (Å²) in [6.45, 7) is 0.886. The number of aryl methyl sites for hydroxylation is 1. The second-order valence-corrected chi connectivity index (χ2v) is 4.18. The summed E-state index contributed by atoms with van der Waals surface area (Å²) in [5.41, 5.74) is 0.653. The highest BCUT2D eigenvalue weighted by molar-refractivity contribution is 6.29. The monoisotopic (exact) mass is 296 g/mol. The number of aliphatic hydroxyl groups is 1. The van der Waals surface area contributed by atoms with Crippen molar-refractivity contribution in [2.24, 2.45) is 0 Å². The number of carbonyl (C=O) groups excluding carboxylic acids is 1. The van der Waals surface area contributed by atoms with Crippen LogP contribution in [0.25, 0.3) is 0 Å². The number of rotatable bonds is 4. The zero-order valence-electron chi connectivity index (χ0n) is 9.96. The third kappa shape index (κ3) is 4.68. The Kier molecular flexibility index (Phi) is 5.13. The van der Waals surface area contributed by atoms with E-state index in [1.807, 2.05) is 5.32 Å². The number of hydrogen-bond donors (Lipinski definition) is 2. The van der Waals surface area contributed by atoms with Gasteiger partial charge in [-0.15, -0.1) is 0 Å². The number of carbonyl (C=O) groups is 1. The second-order valence-electron chi connectivity index (χ2n) is 3.79. The van der Waals surface area contributed by atoms with Crippen LogP contribution in [0.1, 0.15) is 23.0 Å². The lowest BCUT2D eigenvalue weighted by atomic mass is 10.2. The molecule has 19 heavy (non-hydrogen) atoms. The van der Waals surface area contributed by atoms with Gasteiger partial charge in [0.05, 0.1) is 6.54 Å². The van der Waals surface area contributed by atoms with Gasteiger partial charge in [0, 0.05) is 11.3 Å². The van der Waals surface area contributed by atoms with E-state index in [9.17, 15) is 18.0 Å². The zero-order valence-corrected chi connectivity index (χ0v) is 10.7. The van der Waals surface area contributed by atoms with Crippen LogP contribution >= 0.6 is 11.6 Å². The number of aromatic nitrogens is 1. The van der Waals surface area contributed by atoms with E-state index in [1.54, 1.807) is 6.92 Å². The van der Waals surface area contributed by atoms with E-state index in [1.165, 1.54) is 12.1 Å². The van der Waals surface area contributed by atoms with Crippen LogP contribution in [-0.2, 0) is 6.42 Å². The van der Waals surface area contributed by atoms with Crippen LogP contribution in [-0.4, -0.2) is 34.8 Å². The molecule has 0 saturated carbocycles. The zero-order chi connectivity index (χ0) is 14.6. The molecule has 8 heteroatoms. The number of hydrogen-bond acceptors (Lipinski definition) is 3. The predicted molar refractivity (Wildman–Crippen MR) is 63.0 cm³/mol. The van der Waals surface area contributed by atoms with Gasteiger partial charge >= 0.3 is 6.18 Å². The lowest BCUT2D eigenvalue weighted by Crippen LogP contribution is -2.40. The molecule has 0 aliphatic heterocycles. The van der Waals surface area contributed by atoms with Crippen molar-refractivity contribution in [1.29, 1.82) is 0 Å². The molecule has 1 aromatic rings. The van der Waals surface area contributed by atoms with E-state index in [0.29, 0.717) is 12.1 Å². The van der Waals surface area contributed by atoms with Crippen LogP contribution in [0.5, 0.6) is 0 Å². The number of pyridine rings is 1. The summed E-state index contributed by atoms with van der Waals surface area (Å²) in [4.78, 5) is 15.5. The Morgan fingerprint density at radius 2 is 2.16 bits per heavy atom. The van der Waals surface area contributed by atoms with Gasteiger partial charge in [-0.1, -0.05) is 18.5 Å². The highest BCUT2D eigenvalue weighted by Gasteiger charge is 2.38. The van der Waals surface area contributed by atoms with Gasteiger partial charge in [-0.25, -0.2) is 4.98 Å². The Hall–Kier alpha value is -1.34. The number of aliphatic hydroxyl groups excluding tert-OH is 1. The number of nitrogens with zero attached hydrogens (tertiary/aromatic N) is 1. The minimum Gasteiger partial charge on any atom is -0.382 e. The molecule has 1 heterocycles. The fraction of sp³-hybridized carbons (Fsp3) is 0.455. The summed E-state index contributed by atoms with van der Waals surface area (Å²) in [6.07, 6.45) is -6.83. The first-order valence-electron chi connectivity index (χ1n) is 5.43.